The van der Waals surface area contributed by atoms with Crippen LogP contribution in [0.2, 0.25) is 0 Å². The highest BCUT2D eigenvalue weighted by atomic mass is 16.5. The standard InChI is InChI=1S/C25H34N6O2/c1-16-6-9-29(12-16)19-10-17(2)21-26-22(28-31(21)13-19)25-11-18(14-33-25)20(25)30-15-24(27-23(30)32)7-4-3-5-8-24/h10,13,16,18,20H,3-9,11-12,14-15H2,1-2H3,(H,27,32). The van der Waals surface area contributed by atoms with Crippen LogP contribution in [0.15, 0.2) is 12.3 Å². The molecule has 8 nitrogen and oxygen atoms in total. The lowest BCUT2D eigenvalue weighted by Gasteiger charge is -2.47. The number of hydrogen-bond donors (Lipinski definition) is 1. The monoisotopic (exact) mass is 450 g/mol. The Kier molecular flexibility index (Phi) is 4.16. The summed E-state index contributed by atoms with van der Waals surface area (Å²) in [6.07, 6.45) is 10.1. The molecule has 8 heteroatoms. The maximum Gasteiger partial charge on any atom is 0.318 e. The average Bonchev–Trinajstić information content (AvgIpc) is 3.58. The number of aromatic nitrogens is 3. The second kappa shape index (κ2) is 6.84. The molecule has 176 valence electrons. The molecule has 2 aromatic heterocycles. The Morgan fingerprint density at radius 3 is 2.85 bits per heavy atom. The van der Waals surface area contributed by atoms with E-state index in [9.17, 15) is 4.79 Å². The molecule has 1 N–H and O–H groups in total. The van der Waals surface area contributed by atoms with E-state index in [1.165, 1.54) is 31.4 Å². The Balaban J connectivity index is 1.21. The van der Waals surface area contributed by atoms with Crippen molar-refractivity contribution in [3.63, 3.8) is 0 Å². The van der Waals surface area contributed by atoms with Gasteiger partial charge in [-0.1, -0.05) is 26.2 Å². The second-order valence-corrected chi connectivity index (χ2v) is 11.4. The third-order valence-corrected chi connectivity index (χ3v) is 9.07. The van der Waals surface area contributed by atoms with Crippen molar-refractivity contribution in [1.82, 2.24) is 24.8 Å². The minimum Gasteiger partial charge on any atom is -0.370 e. The Morgan fingerprint density at radius 1 is 1.24 bits per heavy atom. The fourth-order valence-corrected chi connectivity index (χ4v) is 7.31. The predicted molar refractivity (Wildman–Crippen MR) is 124 cm³/mol. The van der Waals surface area contributed by atoms with Gasteiger partial charge in [0.1, 0.15) is 0 Å². The van der Waals surface area contributed by atoms with Crippen LogP contribution in [0.1, 0.15) is 63.3 Å². The van der Waals surface area contributed by atoms with Gasteiger partial charge < -0.3 is 19.9 Å². The van der Waals surface area contributed by atoms with Gasteiger partial charge in [-0.2, -0.15) is 0 Å². The summed E-state index contributed by atoms with van der Waals surface area (Å²) < 4.78 is 8.33. The van der Waals surface area contributed by atoms with E-state index in [1.54, 1.807) is 0 Å². The van der Waals surface area contributed by atoms with E-state index in [0.29, 0.717) is 12.5 Å². The number of carbonyl (C=O) groups is 1. The van der Waals surface area contributed by atoms with Gasteiger partial charge in [0.15, 0.2) is 17.1 Å². The van der Waals surface area contributed by atoms with Gasteiger partial charge in [0.25, 0.3) is 0 Å². The molecule has 1 spiro atoms. The van der Waals surface area contributed by atoms with Gasteiger partial charge >= 0.3 is 6.03 Å². The highest BCUT2D eigenvalue weighted by molar-refractivity contribution is 5.79. The summed E-state index contributed by atoms with van der Waals surface area (Å²) in [7, 11) is 0. The number of nitrogens with one attached hydrogen (secondary N) is 1. The second-order valence-electron chi connectivity index (χ2n) is 11.4. The van der Waals surface area contributed by atoms with Gasteiger partial charge in [-0.05, 0) is 50.2 Å². The van der Waals surface area contributed by atoms with Crippen molar-refractivity contribution < 1.29 is 9.53 Å². The molecule has 4 atom stereocenters. The number of amides is 2. The molecule has 6 aliphatic rings. The first-order valence-electron chi connectivity index (χ1n) is 12.8. The molecule has 0 radical (unpaired) electrons. The van der Waals surface area contributed by atoms with Crippen molar-refractivity contribution in [2.45, 2.75) is 76.0 Å². The molecule has 4 unspecified atom stereocenters. The van der Waals surface area contributed by atoms with Crippen LogP contribution in [0.25, 0.3) is 5.65 Å². The van der Waals surface area contributed by atoms with Crippen LogP contribution in [-0.4, -0.2) is 63.4 Å². The van der Waals surface area contributed by atoms with Crippen molar-refractivity contribution in [1.29, 1.82) is 0 Å². The quantitative estimate of drug-likeness (QED) is 0.777. The van der Waals surface area contributed by atoms with E-state index in [0.717, 1.165) is 61.8 Å². The minimum atomic E-state index is -0.566. The van der Waals surface area contributed by atoms with E-state index in [2.05, 4.69) is 41.2 Å². The van der Waals surface area contributed by atoms with Crippen LogP contribution in [0, 0.1) is 18.8 Å². The molecule has 2 saturated carbocycles. The first-order chi connectivity index (χ1) is 16.0. The SMILES string of the molecule is Cc1cc(N2CCC(C)C2)cn2nc(C34CC(CO3)C4N3CC4(CCCCC4)NC3=O)nc12. The highest BCUT2D eigenvalue weighted by Gasteiger charge is 2.68. The van der Waals surface area contributed by atoms with Crippen LogP contribution >= 0.6 is 0 Å². The number of rotatable bonds is 3. The van der Waals surface area contributed by atoms with E-state index >= 15 is 0 Å². The average molecular weight is 451 g/mol. The van der Waals surface area contributed by atoms with Gasteiger partial charge in [-0.25, -0.2) is 14.3 Å². The van der Waals surface area contributed by atoms with Crippen molar-refractivity contribution in [3.05, 3.63) is 23.7 Å². The summed E-state index contributed by atoms with van der Waals surface area (Å²) in [6, 6.07) is 2.35. The maximum atomic E-state index is 13.1. The van der Waals surface area contributed by atoms with Crippen LogP contribution in [0.4, 0.5) is 10.5 Å². The summed E-state index contributed by atoms with van der Waals surface area (Å²) in [5.74, 6) is 1.85. The van der Waals surface area contributed by atoms with Gasteiger partial charge in [-0.15, -0.1) is 5.10 Å². The van der Waals surface area contributed by atoms with Gasteiger partial charge in [0.2, 0.25) is 0 Å². The van der Waals surface area contributed by atoms with Crippen molar-refractivity contribution in [2.75, 3.05) is 31.1 Å². The molecule has 8 rings (SSSR count). The summed E-state index contributed by atoms with van der Waals surface area (Å²) in [6.45, 7) is 8.10. The van der Waals surface area contributed by atoms with Gasteiger partial charge in [0, 0.05) is 25.6 Å². The highest BCUT2D eigenvalue weighted by Crippen LogP contribution is 2.57. The van der Waals surface area contributed by atoms with E-state index in [4.69, 9.17) is 14.8 Å². The maximum absolute atomic E-state index is 13.1. The number of aryl methyl sites for hydroxylation is 1. The van der Waals surface area contributed by atoms with Crippen LogP contribution in [0.3, 0.4) is 0 Å². The lowest BCUT2D eigenvalue weighted by atomic mass is 9.67. The molecular weight excluding hydrogens is 416 g/mol. The third-order valence-electron chi connectivity index (χ3n) is 9.07. The number of anilines is 1. The zero-order valence-corrected chi connectivity index (χ0v) is 19.7. The Morgan fingerprint density at radius 2 is 2.09 bits per heavy atom. The minimum absolute atomic E-state index is 0.0374. The summed E-state index contributed by atoms with van der Waals surface area (Å²) in [4.78, 5) is 22.6. The largest absolute Gasteiger partial charge is 0.370 e. The van der Waals surface area contributed by atoms with Crippen molar-refractivity contribution in [2.24, 2.45) is 11.8 Å². The van der Waals surface area contributed by atoms with Crippen LogP contribution < -0.4 is 10.2 Å². The Hall–Kier alpha value is -2.35. The Labute approximate surface area is 194 Å². The molecule has 6 heterocycles. The molecular formula is C25H34N6O2. The molecule has 2 amide bonds. The molecule has 6 fully saturated rings. The lowest BCUT2D eigenvalue weighted by Crippen LogP contribution is -2.60. The van der Waals surface area contributed by atoms with E-state index < -0.39 is 5.60 Å². The zero-order valence-electron chi connectivity index (χ0n) is 19.7. The molecule has 33 heavy (non-hydrogen) atoms. The van der Waals surface area contributed by atoms with E-state index in [1.807, 2.05) is 4.52 Å². The fourth-order valence-electron chi connectivity index (χ4n) is 7.31. The van der Waals surface area contributed by atoms with Gasteiger partial charge in [0.05, 0.1) is 30.1 Å². The zero-order chi connectivity index (χ0) is 22.4. The number of carbonyl (C=O) groups excluding carboxylic acids is 1. The summed E-state index contributed by atoms with van der Waals surface area (Å²) in [5, 5.41) is 8.33. The number of urea groups is 1. The predicted octanol–water partition coefficient (Wildman–Crippen LogP) is 3.23. The van der Waals surface area contributed by atoms with E-state index in [-0.39, 0.29) is 17.6 Å². The molecule has 4 aliphatic heterocycles. The number of pyridine rings is 1. The summed E-state index contributed by atoms with van der Waals surface area (Å²) in [5.41, 5.74) is 2.63. The molecule has 2 aliphatic carbocycles. The smallest absolute Gasteiger partial charge is 0.318 e. The summed E-state index contributed by atoms with van der Waals surface area (Å²) >= 11 is 0. The van der Waals surface area contributed by atoms with Crippen LogP contribution in [-0.2, 0) is 10.3 Å². The molecule has 2 bridgehead atoms. The fraction of sp³-hybridized carbons (Fsp3) is 0.720. The molecule has 0 aromatic carbocycles. The molecule has 2 aromatic rings. The normalized spacial score (nSPS) is 35.0. The van der Waals surface area contributed by atoms with Gasteiger partial charge in [-0.3, -0.25) is 0 Å². The molecule has 4 saturated heterocycles. The number of hydrogen-bond acceptors (Lipinski definition) is 5. The number of ether oxygens (including phenoxy) is 1. The lowest BCUT2D eigenvalue weighted by molar-refractivity contribution is -0.0747. The third kappa shape index (κ3) is 2.82. The van der Waals surface area contributed by atoms with Crippen molar-refractivity contribution in [3.8, 4) is 0 Å². The topological polar surface area (TPSA) is 75.0 Å². The Bertz CT molecular complexity index is 1120. The number of fused-ring (bicyclic) bond motifs is 2. The van der Waals surface area contributed by atoms with Crippen molar-refractivity contribution >= 4 is 17.4 Å². The first kappa shape index (κ1) is 20.1. The van der Waals surface area contributed by atoms with Crippen LogP contribution in [0.5, 0.6) is 0 Å². The number of nitrogens with zero attached hydrogens (tertiary/aromatic N) is 5. The first-order valence-corrected chi connectivity index (χ1v) is 12.8.